The number of nitriles is 1. The van der Waals surface area contributed by atoms with Crippen LogP contribution in [0.4, 0.5) is 4.39 Å². The highest BCUT2D eigenvalue weighted by molar-refractivity contribution is 5.48. The molecule has 5 heteroatoms. The number of hydrogen-bond acceptors (Lipinski definition) is 2. The molecular formula is C14H9FN4. The van der Waals surface area contributed by atoms with Crippen molar-refractivity contribution in [2.75, 3.05) is 0 Å². The van der Waals surface area contributed by atoms with Gasteiger partial charge in [-0.05, 0) is 36.4 Å². The highest BCUT2D eigenvalue weighted by Crippen LogP contribution is 2.19. The van der Waals surface area contributed by atoms with Crippen molar-refractivity contribution >= 4 is 0 Å². The van der Waals surface area contributed by atoms with Crippen LogP contribution in [-0.4, -0.2) is 14.3 Å². The van der Waals surface area contributed by atoms with Crippen LogP contribution in [0.3, 0.4) is 0 Å². The largest absolute Gasteiger partial charge is 0.307 e. The van der Waals surface area contributed by atoms with Gasteiger partial charge >= 0.3 is 0 Å². The summed E-state index contributed by atoms with van der Waals surface area (Å²) >= 11 is 0. The topological polar surface area (TPSA) is 46.5 Å². The summed E-state index contributed by atoms with van der Waals surface area (Å²) in [6, 6.07) is 11.8. The Morgan fingerprint density at radius 3 is 2.42 bits per heavy atom. The van der Waals surface area contributed by atoms with E-state index >= 15 is 0 Å². The summed E-state index contributed by atoms with van der Waals surface area (Å²) in [6.07, 6.45) is 5.16. The summed E-state index contributed by atoms with van der Waals surface area (Å²) in [7, 11) is 0. The van der Waals surface area contributed by atoms with Gasteiger partial charge < -0.3 is 4.57 Å². The lowest BCUT2D eigenvalue weighted by molar-refractivity contribution is 0.627. The molecule has 3 aromatic rings. The SMILES string of the molecule is N#Cc1cnn(-c2ccc(F)cc2)c1-n1cccc1. The maximum absolute atomic E-state index is 13.0. The number of benzene rings is 1. The predicted molar refractivity (Wildman–Crippen MR) is 67.6 cm³/mol. The van der Waals surface area contributed by atoms with Crippen LogP contribution >= 0.6 is 0 Å². The Labute approximate surface area is 108 Å². The molecule has 0 radical (unpaired) electrons. The third-order valence-electron chi connectivity index (χ3n) is 2.78. The average molecular weight is 252 g/mol. The van der Waals surface area contributed by atoms with Crippen LogP contribution < -0.4 is 0 Å². The van der Waals surface area contributed by atoms with Crippen LogP contribution in [0.5, 0.6) is 0 Å². The molecule has 4 nitrogen and oxygen atoms in total. The zero-order valence-electron chi connectivity index (χ0n) is 9.86. The summed E-state index contributed by atoms with van der Waals surface area (Å²) < 4.78 is 16.4. The van der Waals surface area contributed by atoms with E-state index in [0.29, 0.717) is 17.1 Å². The molecule has 2 aromatic heterocycles. The standard InChI is InChI=1S/C14H9FN4/c15-12-3-5-13(6-4-12)19-14(11(9-16)10-17-19)18-7-1-2-8-18/h1-8,10H. The molecule has 0 amide bonds. The zero-order valence-corrected chi connectivity index (χ0v) is 9.86. The van der Waals surface area contributed by atoms with E-state index in [9.17, 15) is 4.39 Å². The first-order valence-electron chi connectivity index (χ1n) is 5.67. The van der Waals surface area contributed by atoms with E-state index < -0.39 is 0 Å². The minimum atomic E-state index is -0.307. The van der Waals surface area contributed by atoms with Crippen LogP contribution in [0, 0.1) is 17.1 Å². The maximum atomic E-state index is 13.0. The second-order valence-electron chi connectivity index (χ2n) is 3.97. The molecule has 3 rings (SSSR count). The van der Waals surface area contributed by atoms with Crippen molar-refractivity contribution in [1.29, 1.82) is 5.26 Å². The summed E-state index contributed by atoms with van der Waals surface area (Å²) in [5.41, 5.74) is 1.16. The van der Waals surface area contributed by atoms with Crippen molar-refractivity contribution in [1.82, 2.24) is 14.3 Å². The van der Waals surface area contributed by atoms with Crippen LogP contribution in [0.1, 0.15) is 5.56 Å². The van der Waals surface area contributed by atoms with E-state index in [1.165, 1.54) is 18.3 Å². The fourth-order valence-electron chi connectivity index (χ4n) is 1.92. The number of aromatic nitrogens is 3. The minimum absolute atomic E-state index is 0.307. The number of rotatable bonds is 2. The summed E-state index contributed by atoms with van der Waals surface area (Å²) in [5, 5.41) is 13.3. The molecule has 92 valence electrons. The molecule has 0 saturated heterocycles. The molecule has 0 bridgehead atoms. The average Bonchev–Trinajstić information content (AvgIpc) is 3.07. The summed E-state index contributed by atoms with van der Waals surface area (Å²) in [4.78, 5) is 0. The van der Waals surface area contributed by atoms with Crippen molar-refractivity contribution < 1.29 is 4.39 Å². The first-order valence-corrected chi connectivity index (χ1v) is 5.67. The Morgan fingerprint density at radius 1 is 1.11 bits per heavy atom. The van der Waals surface area contributed by atoms with E-state index in [1.807, 2.05) is 24.5 Å². The third-order valence-corrected chi connectivity index (χ3v) is 2.78. The molecule has 0 N–H and O–H groups in total. The Bertz CT molecular complexity index is 733. The van der Waals surface area contributed by atoms with E-state index in [0.717, 1.165) is 0 Å². The van der Waals surface area contributed by atoms with Crippen LogP contribution in [0.15, 0.2) is 55.0 Å². The van der Waals surface area contributed by atoms with E-state index in [-0.39, 0.29) is 5.82 Å². The smallest absolute Gasteiger partial charge is 0.158 e. The zero-order chi connectivity index (χ0) is 13.2. The number of nitrogens with zero attached hydrogens (tertiary/aromatic N) is 4. The fourth-order valence-corrected chi connectivity index (χ4v) is 1.92. The Balaban J connectivity index is 2.20. The Morgan fingerprint density at radius 2 is 1.79 bits per heavy atom. The molecule has 19 heavy (non-hydrogen) atoms. The predicted octanol–water partition coefficient (Wildman–Crippen LogP) is 2.67. The lowest BCUT2D eigenvalue weighted by Crippen LogP contribution is -2.05. The molecule has 0 fully saturated rings. The highest BCUT2D eigenvalue weighted by atomic mass is 19.1. The lowest BCUT2D eigenvalue weighted by atomic mass is 10.3. The van der Waals surface area contributed by atoms with Gasteiger partial charge in [-0.3, -0.25) is 0 Å². The highest BCUT2D eigenvalue weighted by Gasteiger charge is 2.13. The van der Waals surface area contributed by atoms with Crippen molar-refractivity contribution in [3.63, 3.8) is 0 Å². The molecule has 0 saturated carbocycles. The molecule has 0 aliphatic carbocycles. The van der Waals surface area contributed by atoms with Gasteiger partial charge in [0.15, 0.2) is 5.82 Å². The maximum Gasteiger partial charge on any atom is 0.158 e. The molecule has 1 aromatic carbocycles. The summed E-state index contributed by atoms with van der Waals surface area (Å²) in [6.45, 7) is 0. The first kappa shape index (κ1) is 11.2. The van der Waals surface area contributed by atoms with Gasteiger partial charge in [-0.25, -0.2) is 9.07 Å². The van der Waals surface area contributed by atoms with E-state index in [4.69, 9.17) is 5.26 Å². The Hall–Kier alpha value is -2.87. The van der Waals surface area contributed by atoms with Crippen LogP contribution in [0.25, 0.3) is 11.5 Å². The number of halogens is 1. The molecule has 2 heterocycles. The van der Waals surface area contributed by atoms with Crippen molar-refractivity contribution in [2.24, 2.45) is 0 Å². The molecule has 0 atom stereocenters. The third kappa shape index (κ3) is 1.89. The quantitative estimate of drug-likeness (QED) is 0.704. The van der Waals surface area contributed by atoms with Gasteiger partial charge in [-0.15, -0.1) is 0 Å². The molecule has 0 spiro atoms. The normalized spacial score (nSPS) is 10.3. The minimum Gasteiger partial charge on any atom is -0.307 e. The fraction of sp³-hybridized carbons (Fsp3) is 0. The molecule has 0 aliphatic rings. The lowest BCUT2D eigenvalue weighted by Gasteiger charge is -2.08. The van der Waals surface area contributed by atoms with Gasteiger partial charge in [0.1, 0.15) is 17.4 Å². The van der Waals surface area contributed by atoms with E-state index in [1.54, 1.807) is 21.4 Å². The van der Waals surface area contributed by atoms with Crippen molar-refractivity contribution in [3.8, 4) is 17.6 Å². The van der Waals surface area contributed by atoms with Crippen molar-refractivity contribution in [2.45, 2.75) is 0 Å². The van der Waals surface area contributed by atoms with E-state index in [2.05, 4.69) is 11.2 Å². The van der Waals surface area contributed by atoms with Gasteiger partial charge in [0.25, 0.3) is 0 Å². The summed E-state index contributed by atoms with van der Waals surface area (Å²) in [5.74, 6) is 0.332. The van der Waals surface area contributed by atoms with Crippen LogP contribution in [-0.2, 0) is 0 Å². The van der Waals surface area contributed by atoms with Gasteiger partial charge in [0.2, 0.25) is 0 Å². The second kappa shape index (κ2) is 4.42. The monoisotopic (exact) mass is 252 g/mol. The van der Waals surface area contributed by atoms with Crippen molar-refractivity contribution in [3.05, 3.63) is 66.4 Å². The number of hydrogen-bond donors (Lipinski definition) is 0. The Kier molecular flexibility index (Phi) is 2.62. The second-order valence-corrected chi connectivity index (χ2v) is 3.97. The van der Waals surface area contributed by atoms with Gasteiger partial charge in [-0.1, -0.05) is 0 Å². The first-order chi connectivity index (χ1) is 9.29. The van der Waals surface area contributed by atoms with Gasteiger partial charge in [0, 0.05) is 12.4 Å². The van der Waals surface area contributed by atoms with Gasteiger partial charge in [0.05, 0.1) is 11.9 Å². The van der Waals surface area contributed by atoms with Gasteiger partial charge in [-0.2, -0.15) is 10.4 Å². The molecule has 0 unspecified atom stereocenters. The molecule has 0 aliphatic heterocycles. The molecular weight excluding hydrogens is 243 g/mol. The van der Waals surface area contributed by atoms with Crippen LogP contribution in [0.2, 0.25) is 0 Å².